The molecule has 16 rings (SSSR count). The molecule has 0 radical (unpaired) electrons. The summed E-state index contributed by atoms with van der Waals surface area (Å²) in [6, 6.07) is 6.55. The third-order valence-corrected chi connectivity index (χ3v) is 28.5. The number of rotatable bonds is 12. The normalized spacial score (nSPS) is 28.7. The van der Waals surface area contributed by atoms with Crippen LogP contribution in [0.15, 0.2) is 116 Å². The van der Waals surface area contributed by atoms with Crippen LogP contribution >= 0.6 is 0 Å². The molecule has 0 spiro atoms. The molecule has 24 N–H and O–H groups in total. The van der Waals surface area contributed by atoms with Gasteiger partial charge in [0, 0.05) is 93.9 Å². The standard InChI is InChI=1S/C50H50N4O14.C48H46N4O14/c1-53(2)37-27-19-23-17-25-21(13-15-29(55)33(25)39(57)31(23)43(61)49(27,67)45(63)35(41(37)59)47(51)65)11-9-7-5-6-8-10-12-22-14-16-30(56)34-26(22)18-24-20-28-38(54(3)4)42(60)36(48(52)66)46(64)50(28,68)44(62)32(24)40(34)58;1-51(2)35-25-17-21-15-23-19(11-13-27(53)31(23)37(55)29(21)41(59)47(25,65)43(61)33(39(35)57)45(49)63)9-7-5-6-8-10-20-12-14-28(54)32-24(20)16-22-18-26-36(52(3)4)40(58)34(46(50)64)44(62)48(26,66)42(60)30(22)38(32)56/h13-16,23-24,27-28,37-38,55-58,63-64,67-68H,5-8,17-20H2,1-4H3,(H2,51,65)(H2,52,66);11-14,21-22,25-26,35-36,53-56,61-62,65-66H,5-6,15-18H2,1-4H3,(H2,49,63)(H2,50,64)/t23-,24-,27-,28-,37-,38-,49-,50-;21-,22-,25-,26-,35-,36-,47-,48-/m00/s1. The first-order valence-corrected chi connectivity index (χ1v) is 43.0. The topological polar surface area (TPSA) is 646 Å². The largest absolute Gasteiger partial charge is 0.508 e. The van der Waals surface area contributed by atoms with Crippen LogP contribution < -0.4 is 22.9 Å². The van der Waals surface area contributed by atoms with E-state index in [1.807, 2.05) is 0 Å². The molecular formula is C98H96N8O28. The lowest BCUT2D eigenvalue weighted by Crippen LogP contribution is -2.65. The zero-order valence-corrected chi connectivity index (χ0v) is 73.6. The van der Waals surface area contributed by atoms with Crippen molar-refractivity contribution in [3.05, 3.63) is 183 Å². The molecule has 0 saturated heterocycles. The predicted molar refractivity (Wildman–Crippen MR) is 472 cm³/mol. The van der Waals surface area contributed by atoms with Gasteiger partial charge in [0.05, 0.1) is 46.4 Å². The second-order valence-corrected chi connectivity index (χ2v) is 36.7. The van der Waals surface area contributed by atoms with Crippen molar-refractivity contribution in [3.63, 3.8) is 0 Å². The summed E-state index contributed by atoms with van der Waals surface area (Å²) in [6.45, 7) is 0. The van der Waals surface area contributed by atoms with Crippen LogP contribution in [0.5, 0.6) is 23.0 Å². The molecular weight excluding hydrogens is 1740 g/mol. The van der Waals surface area contributed by atoms with Gasteiger partial charge in [0.2, 0.25) is 23.1 Å². The van der Waals surface area contributed by atoms with Gasteiger partial charge in [0.25, 0.3) is 23.6 Å². The Morgan fingerprint density at radius 3 is 0.679 bits per heavy atom. The van der Waals surface area contributed by atoms with E-state index in [0.717, 1.165) is 0 Å². The van der Waals surface area contributed by atoms with Crippen LogP contribution in [0.1, 0.15) is 131 Å². The third-order valence-electron chi connectivity index (χ3n) is 28.5. The van der Waals surface area contributed by atoms with Gasteiger partial charge >= 0.3 is 0 Å². The number of Topliss-reactive ketones (excluding diaryl/α,β-unsaturated/α-hetero) is 8. The number of primary amides is 4. The highest BCUT2D eigenvalue weighted by molar-refractivity contribution is 6.28. The Labute approximate surface area is 764 Å². The van der Waals surface area contributed by atoms with E-state index < -0.39 is 232 Å². The number of phenolic OH excluding ortho intramolecular Hbond substituents is 4. The maximum absolute atomic E-state index is 14.1. The maximum Gasteiger partial charge on any atom is 0.255 e. The van der Waals surface area contributed by atoms with E-state index in [0.29, 0.717) is 70.2 Å². The number of nitrogens with zero attached hydrogens (tertiary/aromatic N) is 4. The number of unbranched alkanes of at least 4 members (excludes halogenated alkanes) is 4. The number of hydrogen-bond acceptors (Lipinski definition) is 32. The first-order valence-electron chi connectivity index (χ1n) is 43.0. The number of benzene rings is 4. The van der Waals surface area contributed by atoms with Gasteiger partial charge < -0.3 is 105 Å². The van der Waals surface area contributed by atoms with Crippen LogP contribution in [0.4, 0.5) is 0 Å². The number of hydrogen-bond donors (Lipinski definition) is 20. The van der Waals surface area contributed by atoms with Crippen molar-refractivity contribution in [2.24, 2.45) is 70.3 Å². The minimum atomic E-state index is -2.77. The van der Waals surface area contributed by atoms with Crippen LogP contribution in [0.3, 0.4) is 0 Å². The average Bonchev–Trinajstić information content (AvgIpc) is 0.710. The number of aromatic hydroxyl groups is 4. The Hall–Kier alpha value is -14.4. The Bertz CT molecular complexity index is 6270. The van der Waals surface area contributed by atoms with Crippen LogP contribution in [-0.4, -0.2) is 274 Å². The smallest absolute Gasteiger partial charge is 0.255 e. The van der Waals surface area contributed by atoms with E-state index in [9.17, 15) is 139 Å². The highest BCUT2D eigenvalue weighted by Gasteiger charge is 2.70. The summed E-state index contributed by atoms with van der Waals surface area (Å²) in [4.78, 5) is 165. The second kappa shape index (κ2) is 34.0. The molecule has 12 aliphatic rings. The maximum atomic E-state index is 14.1. The lowest BCUT2D eigenvalue weighted by molar-refractivity contribution is -0.155. The molecule has 0 heterocycles. The molecule has 4 aromatic rings. The summed E-state index contributed by atoms with van der Waals surface area (Å²) in [6.07, 6.45) is 2.46. The first-order chi connectivity index (χ1) is 63.0. The highest BCUT2D eigenvalue weighted by atomic mass is 16.4. The van der Waals surface area contributed by atoms with Gasteiger partial charge in [-0.2, -0.15) is 0 Å². The zero-order chi connectivity index (χ0) is 97.9. The van der Waals surface area contributed by atoms with Gasteiger partial charge in [-0.05, 0) is 215 Å². The van der Waals surface area contributed by atoms with Crippen molar-refractivity contribution in [3.8, 4) is 70.4 Å². The molecule has 0 unspecified atom stereocenters. The lowest BCUT2D eigenvalue weighted by atomic mass is 9.57. The summed E-state index contributed by atoms with van der Waals surface area (Å²) in [5.41, 5.74) is 8.99. The Balaban J connectivity index is 0.000000204. The fourth-order valence-corrected chi connectivity index (χ4v) is 22.6. The minimum Gasteiger partial charge on any atom is -0.508 e. The van der Waals surface area contributed by atoms with Crippen LogP contribution in [0.25, 0.3) is 23.0 Å². The van der Waals surface area contributed by atoms with Crippen molar-refractivity contribution in [1.82, 2.24) is 19.6 Å². The van der Waals surface area contributed by atoms with Gasteiger partial charge in [-0.25, -0.2) is 0 Å². The van der Waals surface area contributed by atoms with Crippen LogP contribution in [-0.2, 0) is 83.2 Å². The van der Waals surface area contributed by atoms with Crippen molar-refractivity contribution < 1.29 is 139 Å². The van der Waals surface area contributed by atoms with Gasteiger partial charge in [0.15, 0.2) is 45.5 Å². The molecule has 36 heteroatoms. The van der Waals surface area contributed by atoms with E-state index >= 15 is 0 Å². The molecule has 0 aromatic heterocycles. The van der Waals surface area contributed by atoms with E-state index in [1.54, 1.807) is 24.3 Å². The monoisotopic (exact) mass is 1830 g/mol. The number of phenols is 4. The summed E-state index contributed by atoms with van der Waals surface area (Å²) in [5, 5.41) is 182. The van der Waals surface area contributed by atoms with Crippen molar-refractivity contribution >= 4 is 92.9 Å². The molecule has 0 aliphatic heterocycles. The number of aliphatic hydroxyl groups is 12. The minimum absolute atomic E-state index is 0.0483. The molecule has 12 aliphatic carbocycles. The van der Waals surface area contributed by atoms with E-state index in [2.05, 4.69) is 47.4 Å². The van der Waals surface area contributed by atoms with Crippen LogP contribution in [0, 0.1) is 94.7 Å². The molecule has 696 valence electrons. The summed E-state index contributed by atoms with van der Waals surface area (Å²) in [5.74, 6) is -5.30. The van der Waals surface area contributed by atoms with Crippen LogP contribution in [0.2, 0.25) is 0 Å². The molecule has 36 nitrogen and oxygen atoms in total. The SMILES string of the molecule is CN(C)[C@@H]1C(=O)C(C(N)=O)=C(O)[C@@]2(O)C(=O)C3=C(O)c4c(O)ccc(C#CCCC#Cc5ccc(O)c6c5C[C@H]5C[C@H]7[C@H](N(C)C)C(=O)C(C(N)=O)=C(O)[C@@]7(O)C(=O)C5=C6O)c4C[C@H]3C[C@@H]12.CN(C)[C@@H]1C(=O)C(C(N)=O)=C(O)[C@@]2(O)C(=O)C3=C(O)c4c(O)ccc(C#CCCCCC#Cc5ccc(O)c6c5C[C@H]5C[C@H]7[C@H](N(C)C)C(=O)C(C(N)=O)=C(O)[C@@]7(O)C(=O)C5=C6O)c4C[C@H]3C[C@@H]12. The summed E-state index contributed by atoms with van der Waals surface area (Å²) >= 11 is 0. The molecule has 0 bridgehead atoms. The Morgan fingerprint density at radius 2 is 0.500 bits per heavy atom. The zero-order valence-electron chi connectivity index (χ0n) is 73.6. The van der Waals surface area contributed by atoms with E-state index in [4.69, 9.17) is 22.9 Å². The molecule has 4 amide bonds. The number of likely N-dealkylation sites (N-methyl/N-ethyl adjacent to an activating group) is 4. The molecule has 4 fully saturated rings. The fraction of sp³-hybridized carbons (Fsp3) is 0.388. The van der Waals surface area contributed by atoms with Crippen molar-refractivity contribution in [2.75, 3.05) is 56.4 Å². The number of carbonyl (C=O) groups excluding carboxylic acids is 12. The van der Waals surface area contributed by atoms with E-state index in [1.165, 1.54) is 100 Å². The molecule has 4 aromatic carbocycles. The van der Waals surface area contributed by atoms with E-state index in [-0.39, 0.29) is 132 Å². The molecule has 4 saturated carbocycles. The predicted octanol–water partition coefficient (Wildman–Crippen LogP) is 1.63. The second-order valence-electron chi connectivity index (χ2n) is 36.7. The molecule has 16 atom stereocenters. The lowest BCUT2D eigenvalue weighted by Gasteiger charge is -2.50. The number of aliphatic hydroxyl groups excluding tert-OH is 8. The summed E-state index contributed by atoms with van der Waals surface area (Å²) in [7, 11) is 12.1. The fourth-order valence-electron chi connectivity index (χ4n) is 22.6. The average molecular weight is 1830 g/mol. The number of amides is 4. The summed E-state index contributed by atoms with van der Waals surface area (Å²) < 4.78 is 0. The number of nitrogens with two attached hydrogens (primary N) is 4. The number of carbonyl (C=O) groups is 12. The van der Waals surface area contributed by atoms with Gasteiger partial charge in [-0.3, -0.25) is 77.1 Å². The van der Waals surface area contributed by atoms with Gasteiger partial charge in [-0.15, -0.1) is 0 Å². The Kier molecular flexibility index (Phi) is 23.9. The van der Waals surface area contributed by atoms with Crippen molar-refractivity contribution in [1.29, 1.82) is 0 Å². The quantitative estimate of drug-likeness (QED) is 0.0544. The first kappa shape index (κ1) is 94.2. The number of fused-ring (bicyclic) bond motifs is 12. The highest BCUT2D eigenvalue weighted by Crippen LogP contribution is 2.59. The van der Waals surface area contributed by atoms with Crippen molar-refractivity contribution in [2.45, 2.75) is 136 Å². The van der Waals surface area contributed by atoms with Gasteiger partial charge in [-0.1, -0.05) is 47.4 Å². The van der Waals surface area contributed by atoms with Gasteiger partial charge in [0.1, 0.15) is 91.4 Å². The molecule has 134 heavy (non-hydrogen) atoms. The number of ketones is 8. The third kappa shape index (κ3) is 14.0. The Morgan fingerprint density at radius 1 is 0.313 bits per heavy atom.